The molecule has 1 atom stereocenters. The Balaban J connectivity index is 2.16. The van der Waals surface area contributed by atoms with E-state index in [-0.39, 0.29) is 17.5 Å². The molecule has 0 aliphatic rings. The predicted octanol–water partition coefficient (Wildman–Crippen LogP) is 4.51. The summed E-state index contributed by atoms with van der Waals surface area (Å²) in [6, 6.07) is 17.6. The molecule has 2 aromatic carbocycles. The number of nitriles is 1. The zero-order chi connectivity index (χ0) is 18.9. The fraction of sp³-hybridized carbons (Fsp3) is 0.273. The maximum Gasteiger partial charge on any atom is 0.263 e. The van der Waals surface area contributed by atoms with Crippen LogP contribution in [0.2, 0.25) is 0 Å². The third-order valence-electron chi connectivity index (χ3n) is 4.37. The molecule has 2 rings (SSSR count). The van der Waals surface area contributed by atoms with Gasteiger partial charge in [-0.1, -0.05) is 62.4 Å². The van der Waals surface area contributed by atoms with Gasteiger partial charge in [0.25, 0.3) is 5.91 Å². The van der Waals surface area contributed by atoms with Crippen LogP contribution < -0.4 is 10.6 Å². The molecule has 2 N–H and O–H groups in total. The second kappa shape index (κ2) is 9.43. The highest BCUT2D eigenvalue weighted by molar-refractivity contribution is 5.97. The maximum atomic E-state index is 12.4. The summed E-state index contributed by atoms with van der Waals surface area (Å²) in [5.74, 6) is -0.386. The topological polar surface area (TPSA) is 64.9 Å². The van der Waals surface area contributed by atoms with Crippen molar-refractivity contribution in [2.75, 3.05) is 5.32 Å². The van der Waals surface area contributed by atoms with Gasteiger partial charge in [-0.15, -0.1) is 0 Å². The lowest BCUT2D eigenvalue weighted by molar-refractivity contribution is -0.117. The molecule has 1 unspecified atom stereocenters. The van der Waals surface area contributed by atoms with Crippen LogP contribution in [-0.4, -0.2) is 5.91 Å². The van der Waals surface area contributed by atoms with E-state index in [1.807, 2.05) is 49.4 Å². The third-order valence-corrected chi connectivity index (χ3v) is 4.37. The standard InChI is InChI=1S/C22H25N3O/c1-4-17-12-9-13-18(5-2)21(17)24-15-20(14-23)22(26)25-16(3)19-10-7-6-8-11-19/h6-13,15-16,24H,4-5H2,1-3H3,(H,25,26)/b20-15-. The number of carbonyl (C=O) groups is 1. The van der Waals surface area contributed by atoms with Gasteiger partial charge in [0.1, 0.15) is 11.6 Å². The van der Waals surface area contributed by atoms with E-state index in [1.165, 1.54) is 6.20 Å². The number of anilines is 1. The minimum Gasteiger partial charge on any atom is -0.360 e. The molecule has 1 amide bonds. The first-order valence-corrected chi connectivity index (χ1v) is 8.94. The Kier molecular flexibility index (Phi) is 6.99. The van der Waals surface area contributed by atoms with Gasteiger partial charge in [-0.05, 0) is 36.5 Å². The van der Waals surface area contributed by atoms with Gasteiger partial charge in [-0.3, -0.25) is 4.79 Å². The number of aryl methyl sites for hydroxylation is 2. The van der Waals surface area contributed by atoms with Gasteiger partial charge in [-0.25, -0.2) is 0 Å². The average molecular weight is 347 g/mol. The summed E-state index contributed by atoms with van der Waals surface area (Å²) in [7, 11) is 0. The molecule has 2 aromatic rings. The Labute approximate surface area is 155 Å². The summed E-state index contributed by atoms with van der Waals surface area (Å²) >= 11 is 0. The molecule has 134 valence electrons. The van der Waals surface area contributed by atoms with E-state index in [4.69, 9.17) is 0 Å². The van der Waals surface area contributed by atoms with Crippen LogP contribution in [0.3, 0.4) is 0 Å². The van der Waals surface area contributed by atoms with E-state index in [2.05, 4.69) is 36.6 Å². The van der Waals surface area contributed by atoms with Crippen molar-refractivity contribution in [3.8, 4) is 6.07 Å². The second-order valence-corrected chi connectivity index (χ2v) is 6.08. The van der Waals surface area contributed by atoms with E-state index in [0.717, 1.165) is 35.2 Å². The average Bonchev–Trinajstić information content (AvgIpc) is 2.68. The Morgan fingerprint density at radius 3 is 2.23 bits per heavy atom. The predicted molar refractivity (Wildman–Crippen MR) is 106 cm³/mol. The molecule has 4 nitrogen and oxygen atoms in total. The zero-order valence-electron chi connectivity index (χ0n) is 15.5. The molecule has 0 heterocycles. The first-order valence-electron chi connectivity index (χ1n) is 8.94. The summed E-state index contributed by atoms with van der Waals surface area (Å²) in [5.41, 5.74) is 4.36. The normalized spacial score (nSPS) is 12.2. The van der Waals surface area contributed by atoms with Crippen molar-refractivity contribution < 1.29 is 4.79 Å². The monoisotopic (exact) mass is 347 g/mol. The van der Waals surface area contributed by atoms with Crippen LogP contribution in [0.25, 0.3) is 0 Å². The van der Waals surface area contributed by atoms with E-state index in [1.54, 1.807) is 0 Å². The van der Waals surface area contributed by atoms with Gasteiger partial charge >= 0.3 is 0 Å². The number of carbonyl (C=O) groups excluding carboxylic acids is 1. The lowest BCUT2D eigenvalue weighted by atomic mass is 10.0. The van der Waals surface area contributed by atoms with Crippen LogP contribution >= 0.6 is 0 Å². The molecule has 0 bridgehead atoms. The zero-order valence-corrected chi connectivity index (χ0v) is 15.5. The highest BCUT2D eigenvalue weighted by Crippen LogP contribution is 2.23. The SMILES string of the molecule is CCc1cccc(CC)c1N/C=C(/C#N)C(=O)NC(C)c1ccccc1. The van der Waals surface area contributed by atoms with Gasteiger partial charge in [-0.2, -0.15) is 5.26 Å². The number of benzene rings is 2. The fourth-order valence-electron chi connectivity index (χ4n) is 2.82. The van der Waals surface area contributed by atoms with Gasteiger partial charge in [0, 0.05) is 11.9 Å². The molecular formula is C22H25N3O. The van der Waals surface area contributed by atoms with Crippen molar-refractivity contribution in [1.29, 1.82) is 5.26 Å². The smallest absolute Gasteiger partial charge is 0.263 e. The van der Waals surface area contributed by atoms with Crippen LogP contribution in [0.5, 0.6) is 0 Å². The molecule has 0 aromatic heterocycles. The molecule has 0 spiro atoms. The van der Waals surface area contributed by atoms with E-state index >= 15 is 0 Å². The van der Waals surface area contributed by atoms with Crippen LogP contribution in [0.1, 0.15) is 43.5 Å². The Bertz CT molecular complexity index is 797. The summed E-state index contributed by atoms with van der Waals surface area (Å²) in [5, 5.41) is 15.4. The number of rotatable bonds is 7. The van der Waals surface area contributed by atoms with Crippen molar-refractivity contribution >= 4 is 11.6 Å². The number of hydrogen-bond acceptors (Lipinski definition) is 3. The highest BCUT2D eigenvalue weighted by Gasteiger charge is 2.14. The molecular weight excluding hydrogens is 322 g/mol. The molecule has 26 heavy (non-hydrogen) atoms. The van der Waals surface area contributed by atoms with Crippen molar-refractivity contribution in [3.05, 3.63) is 77.0 Å². The molecule has 0 saturated carbocycles. The number of hydrogen-bond donors (Lipinski definition) is 2. The summed E-state index contributed by atoms with van der Waals surface area (Å²) in [6.45, 7) is 6.07. The van der Waals surface area contributed by atoms with Crippen molar-refractivity contribution in [2.24, 2.45) is 0 Å². The Hall–Kier alpha value is -3.06. The van der Waals surface area contributed by atoms with Gasteiger partial charge in [0.15, 0.2) is 0 Å². The Morgan fingerprint density at radius 1 is 1.08 bits per heavy atom. The second-order valence-electron chi connectivity index (χ2n) is 6.08. The number of nitrogens with zero attached hydrogens (tertiary/aromatic N) is 1. The van der Waals surface area contributed by atoms with Crippen molar-refractivity contribution in [3.63, 3.8) is 0 Å². The third kappa shape index (κ3) is 4.73. The lowest BCUT2D eigenvalue weighted by Gasteiger charge is -2.15. The summed E-state index contributed by atoms with van der Waals surface area (Å²) < 4.78 is 0. The summed E-state index contributed by atoms with van der Waals surface area (Å²) in [6.07, 6.45) is 3.26. The molecule has 0 aliphatic heterocycles. The Morgan fingerprint density at radius 2 is 1.69 bits per heavy atom. The number of para-hydroxylation sites is 1. The quantitative estimate of drug-likeness (QED) is 0.572. The molecule has 0 fully saturated rings. The van der Waals surface area contributed by atoms with E-state index < -0.39 is 0 Å². The van der Waals surface area contributed by atoms with E-state index in [9.17, 15) is 10.1 Å². The van der Waals surface area contributed by atoms with Crippen LogP contribution in [0.15, 0.2) is 60.3 Å². The van der Waals surface area contributed by atoms with Crippen LogP contribution in [-0.2, 0) is 17.6 Å². The largest absolute Gasteiger partial charge is 0.360 e. The van der Waals surface area contributed by atoms with Gasteiger partial charge in [0.05, 0.1) is 6.04 Å². The van der Waals surface area contributed by atoms with Gasteiger partial charge < -0.3 is 10.6 Å². The maximum absolute atomic E-state index is 12.4. The van der Waals surface area contributed by atoms with Crippen LogP contribution in [0, 0.1) is 11.3 Å². The van der Waals surface area contributed by atoms with E-state index in [0.29, 0.717) is 0 Å². The number of amides is 1. The fourth-order valence-corrected chi connectivity index (χ4v) is 2.82. The van der Waals surface area contributed by atoms with Crippen molar-refractivity contribution in [2.45, 2.75) is 39.7 Å². The first kappa shape index (κ1) is 19.3. The molecule has 0 aliphatic carbocycles. The number of nitrogens with one attached hydrogen (secondary N) is 2. The summed E-state index contributed by atoms with van der Waals surface area (Å²) in [4.78, 5) is 12.4. The highest BCUT2D eigenvalue weighted by atomic mass is 16.1. The van der Waals surface area contributed by atoms with Crippen molar-refractivity contribution in [1.82, 2.24) is 5.32 Å². The van der Waals surface area contributed by atoms with Crippen LogP contribution in [0.4, 0.5) is 5.69 Å². The minimum atomic E-state index is -0.386. The lowest BCUT2D eigenvalue weighted by Crippen LogP contribution is -2.28. The molecule has 4 heteroatoms. The molecule has 0 saturated heterocycles. The van der Waals surface area contributed by atoms with Gasteiger partial charge in [0.2, 0.25) is 0 Å². The molecule has 0 radical (unpaired) electrons. The first-order chi connectivity index (χ1) is 12.6. The minimum absolute atomic E-state index is 0.0562.